The van der Waals surface area contributed by atoms with E-state index in [1.807, 2.05) is 0 Å². The van der Waals surface area contributed by atoms with Crippen LogP contribution in [-0.4, -0.2) is 50.8 Å². The van der Waals surface area contributed by atoms with E-state index in [0.29, 0.717) is 24.3 Å². The Hall–Kier alpha value is -2.04. The highest BCUT2D eigenvalue weighted by Gasteiger charge is 2.33. The molecule has 1 saturated heterocycles. The maximum Gasteiger partial charge on any atom is 0.254 e. The average molecular weight is 471 g/mol. The van der Waals surface area contributed by atoms with Gasteiger partial charge in [0.05, 0.1) is 35.3 Å². The summed E-state index contributed by atoms with van der Waals surface area (Å²) in [5.74, 6) is -1.11. The standard InChI is InChI=1S/C21H24ClFN2O5S/c22-14-5-8-16(9-6-14)31(28,29)25-19-10-7-15(30-20(19)13-26)11-12-24-21(27)17-3-1-2-4-18(17)23/h1-6,8-9,15,19-20,25-26H,7,10-13H2,(H,24,27)/t15-,19-,20+/m0/s1. The fourth-order valence-corrected chi connectivity index (χ4v) is 4.87. The highest BCUT2D eigenvalue weighted by atomic mass is 35.5. The topological polar surface area (TPSA) is 105 Å². The van der Waals surface area contributed by atoms with Crippen LogP contribution in [0.5, 0.6) is 0 Å². The van der Waals surface area contributed by atoms with Crippen LogP contribution >= 0.6 is 11.6 Å². The molecule has 168 valence electrons. The van der Waals surface area contributed by atoms with Gasteiger partial charge in [-0.15, -0.1) is 0 Å². The second-order valence-corrected chi connectivity index (χ2v) is 9.41. The molecule has 0 unspecified atom stereocenters. The van der Waals surface area contributed by atoms with Crippen LogP contribution in [0.25, 0.3) is 0 Å². The molecule has 2 aromatic rings. The van der Waals surface area contributed by atoms with Gasteiger partial charge in [0.1, 0.15) is 5.82 Å². The predicted molar refractivity (Wildman–Crippen MR) is 114 cm³/mol. The van der Waals surface area contributed by atoms with Crippen LogP contribution in [0.15, 0.2) is 53.4 Å². The lowest BCUT2D eigenvalue weighted by Gasteiger charge is -2.36. The fourth-order valence-electron chi connectivity index (χ4n) is 3.45. The lowest BCUT2D eigenvalue weighted by molar-refractivity contribution is -0.0871. The number of sulfonamides is 1. The highest BCUT2D eigenvalue weighted by molar-refractivity contribution is 7.89. The lowest BCUT2D eigenvalue weighted by atomic mass is 9.98. The SMILES string of the molecule is O=C(NCC[C@@H]1CC[C@H](NS(=O)(=O)c2ccc(Cl)cc2)[C@@H](CO)O1)c1ccccc1F. The Balaban J connectivity index is 1.51. The van der Waals surface area contributed by atoms with Crippen molar-refractivity contribution in [2.45, 2.75) is 42.4 Å². The van der Waals surface area contributed by atoms with Gasteiger partial charge in [-0.3, -0.25) is 4.79 Å². The van der Waals surface area contributed by atoms with Crippen LogP contribution in [0, 0.1) is 5.82 Å². The third-order valence-electron chi connectivity index (χ3n) is 5.10. The van der Waals surface area contributed by atoms with Crippen molar-refractivity contribution in [1.29, 1.82) is 0 Å². The molecule has 1 fully saturated rings. The monoisotopic (exact) mass is 470 g/mol. The van der Waals surface area contributed by atoms with Crippen molar-refractivity contribution in [1.82, 2.24) is 10.0 Å². The Morgan fingerprint density at radius 1 is 1.16 bits per heavy atom. The minimum atomic E-state index is -3.79. The van der Waals surface area contributed by atoms with Crippen molar-refractivity contribution in [2.24, 2.45) is 0 Å². The first-order valence-electron chi connectivity index (χ1n) is 9.87. The summed E-state index contributed by atoms with van der Waals surface area (Å²) < 4.78 is 47.3. The van der Waals surface area contributed by atoms with Crippen LogP contribution in [0.4, 0.5) is 4.39 Å². The number of aliphatic hydroxyl groups is 1. The largest absolute Gasteiger partial charge is 0.394 e. The van der Waals surface area contributed by atoms with Crippen molar-refractivity contribution < 1.29 is 27.4 Å². The Bertz CT molecular complexity index is 1000. The Morgan fingerprint density at radius 2 is 1.87 bits per heavy atom. The Kier molecular flexibility index (Phi) is 8.01. The van der Waals surface area contributed by atoms with Gasteiger partial charge < -0.3 is 15.2 Å². The molecule has 0 aromatic heterocycles. The molecule has 2 aromatic carbocycles. The first kappa shape index (κ1) is 23.6. The van der Waals surface area contributed by atoms with Crippen molar-refractivity contribution >= 4 is 27.5 Å². The van der Waals surface area contributed by atoms with Gasteiger partial charge in [-0.25, -0.2) is 17.5 Å². The minimum absolute atomic E-state index is 0.0306. The second-order valence-electron chi connectivity index (χ2n) is 7.26. The fraction of sp³-hybridized carbons (Fsp3) is 0.381. The maximum absolute atomic E-state index is 13.7. The summed E-state index contributed by atoms with van der Waals surface area (Å²) in [6.07, 6.45) is 0.467. The maximum atomic E-state index is 13.7. The second kappa shape index (κ2) is 10.5. The molecule has 3 rings (SSSR count). The summed E-state index contributed by atoms with van der Waals surface area (Å²) >= 11 is 5.81. The van der Waals surface area contributed by atoms with Gasteiger partial charge in [-0.2, -0.15) is 0 Å². The molecule has 7 nitrogen and oxygen atoms in total. The van der Waals surface area contributed by atoms with Gasteiger partial charge in [0.2, 0.25) is 10.0 Å². The molecule has 10 heteroatoms. The molecule has 0 spiro atoms. The van der Waals surface area contributed by atoms with Crippen LogP contribution in [0.3, 0.4) is 0 Å². The summed E-state index contributed by atoms with van der Waals surface area (Å²) in [6, 6.07) is 10.9. The summed E-state index contributed by atoms with van der Waals surface area (Å²) in [5, 5.41) is 12.8. The predicted octanol–water partition coefficient (Wildman–Crippen LogP) is 2.49. The van der Waals surface area contributed by atoms with Crippen LogP contribution in [-0.2, 0) is 14.8 Å². The molecule has 31 heavy (non-hydrogen) atoms. The molecule has 3 N–H and O–H groups in total. The smallest absolute Gasteiger partial charge is 0.254 e. The van der Waals surface area contributed by atoms with Crippen LogP contribution in [0.2, 0.25) is 5.02 Å². The number of nitrogens with one attached hydrogen (secondary N) is 2. The van der Waals surface area contributed by atoms with Crippen molar-refractivity contribution in [3.05, 3.63) is 64.9 Å². The van der Waals surface area contributed by atoms with Crippen LogP contribution < -0.4 is 10.0 Å². The molecule has 0 saturated carbocycles. The molecule has 0 bridgehead atoms. The summed E-state index contributed by atoms with van der Waals surface area (Å²) in [5.41, 5.74) is -0.0306. The molecule has 0 radical (unpaired) electrons. The third-order valence-corrected chi connectivity index (χ3v) is 6.85. The zero-order chi connectivity index (χ0) is 22.4. The molecule has 1 aliphatic rings. The molecule has 0 aliphatic carbocycles. The Morgan fingerprint density at radius 3 is 2.55 bits per heavy atom. The number of amides is 1. The van der Waals surface area contributed by atoms with Crippen LogP contribution in [0.1, 0.15) is 29.6 Å². The summed E-state index contributed by atoms with van der Waals surface area (Å²) in [7, 11) is -3.79. The van der Waals surface area contributed by atoms with Gasteiger partial charge in [0, 0.05) is 11.6 Å². The number of hydrogen-bond acceptors (Lipinski definition) is 5. The van der Waals surface area contributed by atoms with Crippen molar-refractivity contribution in [3.8, 4) is 0 Å². The van der Waals surface area contributed by atoms with E-state index in [2.05, 4.69) is 10.0 Å². The zero-order valence-electron chi connectivity index (χ0n) is 16.6. The quantitative estimate of drug-likeness (QED) is 0.549. The molecule has 1 amide bonds. The number of hydrogen-bond donors (Lipinski definition) is 3. The van der Waals surface area contributed by atoms with E-state index in [4.69, 9.17) is 16.3 Å². The summed E-state index contributed by atoms with van der Waals surface area (Å²) in [6.45, 7) is -0.0942. The molecular formula is C21H24ClFN2O5S. The number of carbonyl (C=O) groups excluding carboxylic acids is 1. The van der Waals surface area contributed by atoms with Gasteiger partial charge in [0.25, 0.3) is 5.91 Å². The van der Waals surface area contributed by atoms with Gasteiger partial charge >= 0.3 is 0 Å². The first-order chi connectivity index (χ1) is 14.8. The molecule has 1 heterocycles. The number of halogens is 2. The summed E-state index contributed by atoms with van der Waals surface area (Å²) in [4.78, 5) is 12.2. The number of ether oxygens (including phenoxy) is 1. The first-order valence-corrected chi connectivity index (χ1v) is 11.7. The van der Waals surface area contributed by atoms with Crippen molar-refractivity contribution in [2.75, 3.05) is 13.2 Å². The van der Waals surface area contributed by atoms with E-state index < -0.39 is 33.9 Å². The lowest BCUT2D eigenvalue weighted by Crippen LogP contribution is -2.51. The normalized spacial score (nSPS) is 21.6. The number of carbonyl (C=O) groups is 1. The molecule has 3 atom stereocenters. The molecular weight excluding hydrogens is 447 g/mol. The highest BCUT2D eigenvalue weighted by Crippen LogP contribution is 2.24. The van der Waals surface area contributed by atoms with Gasteiger partial charge in [0.15, 0.2) is 0 Å². The number of rotatable bonds is 8. The van der Waals surface area contributed by atoms with E-state index in [9.17, 15) is 22.7 Å². The van der Waals surface area contributed by atoms with E-state index in [1.165, 1.54) is 42.5 Å². The van der Waals surface area contributed by atoms with E-state index in [0.717, 1.165) is 0 Å². The van der Waals surface area contributed by atoms with Crippen molar-refractivity contribution in [3.63, 3.8) is 0 Å². The third kappa shape index (κ3) is 6.24. The average Bonchev–Trinajstić information content (AvgIpc) is 2.75. The minimum Gasteiger partial charge on any atom is -0.394 e. The Labute approximate surface area is 185 Å². The van der Waals surface area contributed by atoms with E-state index >= 15 is 0 Å². The number of benzene rings is 2. The van der Waals surface area contributed by atoms with Gasteiger partial charge in [-0.05, 0) is 55.7 Å². The molecule has 1 aliphatic heterocycles. The van der Waals surface area contributed by atoms with E-state index in [1.54, 1.807) is 6.07 Å². The van der Waals surface area contributed by atoms with Gasteiger partial charge in [-0.1, -0.05) is 23.7 Å². The number of aliphatic hydroxyl groups excluding tert-OH is 1. The van der Waals surface area contributed by atoms with E-state index in [-0.39, 0.29) is 29.7 Å². The zero-order valence-corrected chi connectivity index (χ0v) is 18.2.